The Hall–Kier alpha value is -1.20. The minimum Gasteiger partial charge on any atom is -0.493 e. The summed E-state index contributed by atoms with van der Waals surface area (Å²) in [4.78, 5) is 0. The lowest BCUT2D eigenvalue weighted by Crippen LogP contribution is -2.07. The molecule has 0 amide bonds. The molecule has 0 spiro atoms. The maximum atomic E-state index is 11.9. The lowest BCUT2D eigenvalue weighted by molar-refractivity contribution is -0.141. The fraction of sp³-hybridized carbons (Fsp3) is 0.500. The largest absolute Gasteiger partial charge is 0.493 e. The summed E-state index contributed by atoms with van der Waals surface area (Å²) < 4.78 is 36.7. The molecule has 0 aromatic carbocycles. The summed E-state index contributed by atoms with van der Waals surface area (Å²) in [5.74, 6) is -0.468. The first-order valence-electron chi connectivity index (χ1n) is 3.29. The molecule has 0 radical (unpaired) electrons. The van der Waals surface area contributed by atoms with Crippen LogP contribution in [0.15, 0.2) is 6.07 Å². The molecule has 3 nitrogen and oxygen atoms in total. The smallest absolute Gasteiger partial charge is 0.435 e. The average molecular weight is 180 g/mol. The number of hydrogen-bond donors (Lipinski definition) is 1. The van der Waals surface area contributed by atoms with Crippen molar-refractivity contribution in [2.24, 2.45) is 0 Å². The molecule has 0 fully saturated rings. The Morgan fingerprint density at radius 3 is 2.42 bits per heavy atom. The molecule has 68 valence electrons. The van der Waals surface area contributed by atoms with Crippen molar-refractivity contribution in [1.29, 1.82) is 0 Å². The van der Waals surface area contributed by atoms with Crippen LogP contribution in [0.1, 0.15) is 12.6 Å². The van der Waals surface area contributed by atoms with E-state index in [9.17, 15) is 13.2 Å². The van der Waals surface area contributed by atoms with E-state index in [0.717, 1.165) is 4.68 Å². The van der Waals surface area contributed by atoms with E-state index in [1.165, 1.54) is 0 Å². The lowest BCUT2D eigenvalue weighted by atomic mass is 10.4. The molecule has 1 aromatic heterocycles. The SMILES string of the molecule is CCn1nc(C(F)(F)F)cc1O. The molecule has 0 aliphatic carbocycles. The highest BCUT2D eigenvalue weighted by molar-refractivity contribution is 5.16. The lowest BCUT2D eigenvalue weighted by Gasteiger charge is -1.99. The van der Waals surface area contributed by atoms with Crippen LogP contribution in [-0.2, 0) is 12.7 Å². The molecule has 1 rings (SSSR count). The van der Waals surface area contributed by atoms with Crippen molar-refractivity contribution in [3.8, 4) is 5.88 Å². The van der Waals surface area contributed by atoms with Crippen LogP contribution in [-0.4, -0.2) is 14.9 Å². The molecule has 0 bridgehead atoms. The Morgan fingerprint density at radius 1 is 1.58 bits per heavy atom. The van der Waals surface area contributed by atoms with Gasteiger partial charge in [-0.3, -0.25) is 0 Å². The van der Waals surface area contributed by atoms with Gasteiger partial charge >= 0.3 is 6.18 Å². The molecule has 6 heteroatoms. The second-order valence-corrected chi connectivity index (χ2v) is 2.20. The summed E-state index contributed by atoms with van der Waals surface area (Å²) in [6.45, 7) is 1.80. The monoisotopic (exact) mass is 180 g/mol. The normalized spacial score (nSPS) is 12.0. The fourth-order valence-electron chi connectivity index (χ4n) is 0.778. The summed E-state index contributed by atoms with van der Waals surface area (Å²) in [6.07, 6.45) is -4.49. The van der Waals surface area contributed by atoms with Gasteiger partial charge in [-0.05, 0) is 6.92 Å². The highest BCUT2D eigenvalue weighted by Crippen LogP contribution is 2.30. The Kier molecular flexibility index (Phi) is 1.99. The van der Waals surface area contributed by atoms with E-state index in [-0.39, 0.29) is 6.54 Å². The molecule has 12 heavy (non-hydrogen) atoms. The second kappa shape index (κ2) is 2.69. The van der Waals surface area contributed by atoms with Crippen molar-refractivity contribution in [3.63, 3.8) is 0 Å². The van der Waals surface area contributed by atoms with Gasteiger partial charge in [-0.25, -0.2) is 4.68 Å². The van der Waals surface area contributed by atoms with Gasteiger partial charge in [0, 0.05) is 12.6 Å². The molecule has 0 aliphatic heterocycles. The number of aryl methyl sites for hydroxylation is 1. The number of aromatic hydroxyl groups is 1. The van der Waals surface area contributed by atoms with Gasteiger partial charge in [0.25, 0.3) is 0 Å². The fourth-order valence-corrected chi connectivity index (χ4v) is 0.778. The van der Waals surface area contributed by atoms with Gasteiger partial charge in [-0.15, -0.1) is 0 Å². The number of rotatable bonds is 1. The first-order chi connectivity index (χ1) is 5.45. The zero-order valence-electron chi connectivity index (χ0n) is 6.26. The second-order valence-electron chi connectivity index (χ2n) is 2.20. The van der Waals surface area contributed by atoms with Crippen molar-refractivity contribution in [1.82, 2.24) is 9.78 Å². The Balaban J connectivity index is 3.05. The molecule has 1 heterocycles. The van der Waals surface area contributed by atoms with Gasteiger partial charge in [0.2, 0.25) is 5.88 Å². The van der Waals surface area contributed by atoms with E-state index in [2.05, 4.69) is 5.10 Å². The molecule has 0 unspecified atom stereocenters. The number of hydrogen-bond acceptors (Lipinski definition) is 2. The molecular formula is C6H7F3N2O. The summed E-state index contributed by atoms with van der Waals surface area (Å²) in [5, 5.41) is 12.0. The van der Waals surface area contributed by atoms with Crippen LogP contribution in [0.3, 0.4) is 0 Å². The first-order valence-corrected chi connectivity index (χ1v) is 3.29. The molecule has 1 N–H and O–H groups in total. The van der Waals surface area contributed by atoms with Crippen molar-refractivity contribution < 1.29 is 18.3 Å². The average Bonchev–Trinajstić information content (AvgIpc) is 2.29. The van der Waals surface area contributed by atoms with E-state index in [1.807, 2.05) is 0 Å². The highest BCUT2D eigenvalue weighted by Gasteiger charge is 2.34. The van der Waals surface area contributed by atoms with E-state index < -0.39 is 17.8 Å². The van der Waals surface area contributed by atoms with Gasteiger partial charge in [0.15, 0.2) is 5.69 Å². The van der Waals surface area contributed by atoms with E-state index in [4.69, 9.17) is 5.11 Å². The quantitative estimate of drug-likeness (QED) is 0.713. The topological polar surface area (TPSA) is 38.0 Å². The van der Waals surface area contributed by atoms with Crippen LogP contribution in [0, 0.1) is 0 Å². The Bertz CT molecular complexity index is 279. The predicted molar refractivity (Wildman–Crippen MR) is 34.6 cm³/mol. The zero-order valence-corrected chi connectivity index (χ0v) is 6.26. The highest BCUT2D eigenvalue weighted by atomic mass is 19.4. The third-order valence-electron chi connectivity index (χ3n) is 1.35. The maximum absolute atomic E-state index is 11.9. The molecular weight excluding hydrogens is 173 g/mol. The molecule has 1 aromatic rings. The van der Waals surface area contributed by atoms with E-state index in [1.54, 1.807) is 6.92 Å². The van der Waals surface area contributed by atoms with Crippen LogP contribution < -0.4 is 0 Å². The van der Waals surface area contributed by atoms with Gasteiger partial charge in [0.05, 0.1) is 0 Å². The minimum atomic E-state index is -4.49. The summed E-state index contributed by atoms with van der Waals surface area (Å²) in [7, 11) is 0. The van der Waals surface area contributed by atoms with Crippen molar-refractivity contribution >= 4 is 0 Å². The van der Waals surface area contributed by atoms with Gasteiger partial charge in [0.1, 0.15) is 0 Å². The number of alkyl halides is 3. The summed E-state index contributed by atoms with van der Waals surface area (Å²) in [5.41, 5.74) is -1.07. The first kappa shape index (κ1) is 8.89. The van der Waals surface area contributed by atoms with E-state index >= 15 is 0 Å². The standard InChI is InChI=1S/C6H7F3N2O/c1-2-11-5(12)3-4(10-11)6(7,8)9/h3,12H,2H2,1H3. The summed E-state index contributed by atoms with van der Waals surface area (Å²) >= 11 is 0. The van der Waals surface area contributed by atoms with Gasteiger partial charge in [-0.1, -0.05) is 0 Å². The van der Waals surface area contributed by atoms with Crippen LogP contribution >= 0.6 is 0 Å². The summed E-state index contributed by atoms with van der Waals surface area (Å²) in [6, 6.07) is 0.601. The third-order valence-corrected chi connectivity index (χ3v) is 1.35. The van der Waals surface area contributed by atoms with Gasteiger partial charge in [-0.2, -0.15) is 18.3 Å². The van der Waals surface area contributed by atoms with Crippen molar-refractivity contribution in [2.75, 3.05) is 0 Å². The van der Waals surface area contributed by atoms with Crippen LogP contribution in [0.4, 0.5) is 13.2 Å². The van der Waals surface area contributed by atoms with Crippen LogP contribution in [0.2, 0.25) is 0 Å². The van der Waals surface area contributed by atoms with Gasteiger partial charge < -0.3 is 5.11 Å². The molecule has 0 saturated heterocycles. The third kappa shape index (κ3) is 1.51. The molecule has 0 atom stereocenters. The maximum Gasteiger partial charge on any atom is 0.435 e. The molecule has 0 aliphatic rings. The van der Waals surface area contributed by atoms with E-state index in [0.29, 0.717) is 6.07 Å². The van der Waals surface area contributed by atoms with Crippen LogP contribution in [0.5, 0.6) is 5.88 Å². The number of nitrogens with zero attached hydrogens (tertiary/aromatic N) is 2. The minimum absolute atomic E-state index is 0.210. The van der Waals surface area contributed by atoms with Crippen LogP contribution in [0.25, 0.3) is 0 Å². The van der Waals surface area contributed by atoms with Crippen molar-refractivity contribution in [3.05, 3.63) is 11.8 Å². The predicted octanol–water partition coefficient (Wildman–Crippen LogP) is 1.63. The zero-order chi connectivity index (χ0) is 9.35. The molecule has 0 saturated carbocycles. The van der Waals surface area contributed by atoms with Crippen molar-refractivity contribution in [2.45, 2.75) is 19.6 Å². The Labute approximate surface area is 66.4 Å². The Morgan fingerprint density at radius 2 is 2.17 bits per heavy atom. The number of halogens is 3. The number of aromatic nitrogens is 2.